The van der Waals surface area contributed by atoms with E-state index in [0.717, 1.165) is 25.0 Å². The van der Waals surface area contributed by atoms with Gasteiger partial charge in [0, 0.05) is 16.8 Å². The Kier molecular flexibility index (Phi) is 10.3. The number of aliphatic hydroxyl groups is 1. The lowest BCUT2D eigenvalue weighted by Crippen LogP contribution is -2.12. The first-order chi connectivity index (χ1) is 16.7. The fourth-order valence-corrected chi connectivity index (χ4v) is 3.74. The second kappa shape index (κ2) is 14.0. The van der Waals surface area contributed by atoms with Crippen LogP contribution in [0.1, 0.15) is 64.8 Å². The average molecular weight is 460 g/mol. The molecular weight excluding hydrogens is 426 g/mol. The molecule has 0 bridgehead atoms. The van der Waals surface area contributed by atoms with E-state index in [1.54, 1.807) is 48.5 Å². The highest BCUT2D eigenvalue weighted by atomic mass is 16.5. The number of benzene rings is 3. The highest BCUT2D eigenvalue weighted by Gasteiger charge is 2.09. The second-order valence-corrected chi connectivity index (χ2v) is 8.35. The van der Waals surface area contributed by atoms with Gasteiger partial charge in [0.1, 0.15) is 12.4 Å². The monoisotopic (exact) mass is 459 g/mol. The molecule has 5 nitrogen and oxygen atoms in total. The van der Waals surface area contributed by atoms with E-state index in [1.165, 1.54) is 31.2 Å². The zero-order valence-corrected chi connectivity index (χ0v) is 19.5. The molecule has 0 fully saturated rings. The van der Waals surface area contributed by atoms with E-state index >= 15 is 0 Å². The van der Waals surface area contributed by atoms with Crippen molar-refractivity contribution in [3.05, 3.63) is 95.6 Å². The number of rotatable bonds is 14. The molecular formula is C29H33NO4. The number of amides is 1. The van der Waals surface area contributed by atoms with Crippen LogP contribution < -0.4 is 10.1 Å². The molecule has 0 saturated heterocycles. The molecule has 0 unspecified atom stereocenters. The van der Waals surface area contributed by atoms with Crippen molar-refractivity contribution in [2.75, 3.05) is 18.5 Å². The molecule has 1 amide bonds. The van der Waals surface area contributed by atoms with Crippen LogP contribution in [0.4, 0.5) is 5.69 Å². The number of unbranched alkanes of at least 4 members (excludes halogenated alkanes) is 5. The van der Waals surface area contributed by atoms with Crippen molar-refractivity contribution in [2.45, 2.75) is 44.9 Å². The van der Waals surface area contributed by atoms with Crippen LogP contribution in [0, 0.1) is 0 Å². The molecule has 0 aliphatic heterocycles. The first-order valence-corrected chi connectivity index (χ1v) is 12.0. The van der Waals surface area contributed by atoms with E-state index < -0.39 is 6.61 Å². The number of aryl methyl sites for hydroxylation is 1. The van der Waals surface area contributed by atoms with Gasteiger partial charge < -0.3 is 15.2 Å². The Morgan fingerprint density at radius 2 is 1.44 bits per heavy atom. The lowest BCUT2D eigenvalue weighted by molar-refractivity contribution is 0.0903. The van der Waals surface area contributed by atoms with Gasteiger partial charge in [0.15, 0.2) is 5.78 Å². The maximum absolute atomic E-state index is 12.5. The standard InChI is InChI=1S/C29H33NO4/c31-22-28(32)25-14-10-15-26(21-25)30-29(33)24-16-18-27(19-17-24)34-20-9-4-2-1-3-6-11-23-12-7-5-8-13-23/h5,7-8,10,12-19,21,31H,1-4,6,9,11,20,22H2,(H,30,33). The maximum atomic E-state index is 12.5. The number of carbonyl (C=O) groups excluding carboxylic acids is 2. The quantitative estimate of drug-likeness (QED) is 0.226. The molecule has 2 N–H and O–H groups in total. The number of ether oxygens (including phenoxy) is 1. The summed E-state index contributed by atoms with van der Waals surface area (Å²) in [5, 5.41) is 11.8. The summed E-state index contributed by atoms with van der Waals surface area (Å²) in [5.74, 6) is 0.0861. The van der Waals surface area contributed by atoms with Crippen molar-refractivity contribution in [1.29, 1.82) is 0 Å². The third kappa shape index (κ3) is 8.49. The molecule has 0 aliphatic rings. The maximum Gasteiger partial charge on any atom is 0.255 e. The number of anilines is 1. The molecule has 3 aromatic carbocycles. The highest BCUT2D eigenvalue weighted by molar-refractivity contribution is 6.05. The summed E-state index contributed by atoms with van der Waals surface area (Å²) in [6, 6.07) is 24.2. The van der Waals surface area contributed by atoms with Crippen LogP contribution in [0.5, 0.6) is 5.75 Å². The predicted octanol–water partition coefficient (Wildman–Crippen LogP) is 6.08. The molecule has 0 aliphatic carbocycles. The first kappa shape index (κ1) is 25.2. The molecule has 0 heterocycles. The minimum Gasteiger partial charge on any atom is -0.494 e. The van der Waals surface area contributed by atoms with E-state index in [0.29, 0.717) is 23.4 Å². The van der Waals surface area contributed by atoms with Crippen molar-refractivity contribution in [1.82, 2.24) is 0 Å². The van der Waals surface area contributed by atoms with E-state index in [-0.39, 0.29) is 11.7 Å². The van der Waals surface area contributed by atoms with Crippen molar-refractivity contribution >= 4 is 17.4 Å². The van der Waals surface area contributed by atoms with Gasteiger partial charge in [0.05, 0.1) is 6.61 Å². The summed E-state index contributed by atoms with van der Waals surface area (Å²) in [6.45, 7) is 0.106. The molecule has 34 heavy (non-hydrogen) atoms. The van der Waals surface area contributed by atoms with Crippen molar-refractivity contribution < 1.29 is 19.4 Å². The summed E-state index contributed by atoms with van der Waals surface area (Å²) in [7, 11) is 0. The summed E-state index contributed by atoms with van der Waals surface area (Å²) < 4.78 is 5.81. The summed E-state index contributed by atoms with van der Waals surface area (Å²) in [6.07, 6.45) is 8.32. The smallest absolute Gasteiger partial charge is 0.255 e. The van der Waals surface area contributed by atoms with E-state index in [2.05, 4.69) is 35.6 Å². The lowest BCUT2D eigenvalue weighted by atomic mass is 10.1. The zero-order chi connectivity index (χ0) is 24.0. The number of nitrogens with one attached hydrogen (secondary N) is 1. The Morgan fingerprint density at radius 3 is 2.18 bits per heavy atom. The average Bonchev–Trinajstić information content (AvgIpc) is 2.88. The van der Waals surface area contributed by atoms with E-state index in [1.807, 2.05) is 0 Å². The molecule has 5 heteroatoms. The SMILES string of the molecule is O=C(CO)c1cccc(NC(=O)c2ccc(OCCCCCCCCc3ccccc3)cc2)c1. The number of aliphatic hydroxyl groups excluding tert-OH is 1. The van der Waals surface area contributed by atoms with Crippen molar-refractivity contribution in [2.24, 2.45) is 0 Å². The van der Waals surface area contributed by atoms with Gasteiger partial charge in [-0.1, -0.05) is 68.1 Å². The largest absolute Gasteiger partial charge is 0.494 e. The summed E-state index contributed by atoms with van der Waals surface area (Å²) >= 11 is 0. The van der Waals surface area contributed by atoms with Crippen LogP contribution in [0.25, 0.3) is 0 Å². The highest BCUT2D eigenvalue weighted by Crippen LogP contribution is 2.17. The second-order valence-electron chi connectivity index (χ2n) is 8.35. The van der Waals surface area contributed by atoms with Crippen LogP contribution in [-0.2, 0) is 6.42 Å². The number of hydrogen-bond acceptors (Lipinski definition) is 4. The molecule has 178 valence electrons. The third-order valence-corrected chi connectivity index (χ3v) is 5.67. The number of hydrogen-bond donors (Lipinski definition) is 2. The van der Waals surface area contributed by atoms with Gasteiger partial charge in [-0.25, -0.2) is 0 Å². The Morgan fingerprint density at radius 1 is 0.735 bits per heavy atom. The van der Waals surface area contributed by atoms with Gasteiger partial charge >= 0.3 is 0 Å². The number of ketones is 1. The van der Waals surface area contributed by atoms with Crippen molar-refractivity contribution in [3.8, 4) is 5.75 Å². The van der Waals surface area contributed by atoms with Crippen molar-refractivity contribution in [3.63, 3.8) is 0 Å². The minimum absolute atomic E-state index is 0.271. The van der Waals surface area contributed by atoms with E-state index in [4.69, 9.17) is 9.84 Å². The van der Waals surface area contributed by atoms with Crippen LogP contribution >= 0.6 is 0 Å². The van der Waals surface area contributed by atoms with Crippen LogP contribution in [0.15, 0.2) is 78.9 Å². The normalized spacial score (nSPS) is 10.6. The van der Waals surface area contributed by atoms with E-state index in [9.17, 15) is 9.59 Å². The Balaban J connectivity index is 1.30. The van der Waals surface area contributed by atoms with Gasteiger partial charge in [0.25, 0.3) is 5.91 Å². The summed E-state index contributed by atoms with van der Waals surface area (Å²) in [4.78, 5) is 24.1. The van der Waals surface area contributed by atoms with Gasteiger partial charge in [-0.15, -0.1) is 0 Å². The topological polar surface area (TPSA) is 75.6 Å². The Labute approximate surface area is 201 Å². The van der Waals surface area contributed by atoms with Crippen LogP contribution in [0.3, 0.4) is 0 Å². The Hall–Kier alpha value is -3.44. The van der Waals surface area contributed by atoms with Gasteiger partial charge in [0.2, 0.25) is 0 Å². The number of Topliss-reactive ketones (excluding diaryl/α,β-unsaturated/α-hetero) is 1. The van der Waals surface area contributed by atoms with Gasteiger partial charge in [-0.05, 0) is 61.2 Å². The number of carbonyl (C=O) groups is 2. The molecule has 0 saturated carbocycles. The molecule has 0 atom stereocenters. The molecule has 0 aromatic heterocycles. The van der Waals surface area contributed by atoms with Gasteiger partial charge in [-0.3, -0.25) is 9.59 Å². The Bertz CT molecular complexity index is 1030. The minimum atomic E-state index is -0.562. The zero-order valence-electron chi connectivity index (χ0n) is 19.5. The van der Waals surface area contributed by atoms with Crippen LogP contribution in [-0.4, -0.2) is 30.0 Å². The predicted molar refractivity (Wildman–Crippen MR) is 136 cm³/mol. The summed E-state index contributed by atoms with van der Waals surface area (Å²) in [5.41, 5.74) is 2.78. The lowest BCUT2D eigenvalue weighted by Gasteiger charge is -2.09. The fraction of sp³-hybridized carbons (Fsp3) is 0.310. The third-order valence-electron chi connectivity index (χ3n) is 5.67. The van der Waals surface area contributed by atoms with Gasteiger partial charge in [-0.2, -0.15) is 0 Å². The van der Waals surface area contributed by atoms with Crippen LogP contribution in [0.2, 0.25) is 0 Å². The molecule has 0 spiro atoms. The molecule has 0 radical (unpaired) electrons. The molecule has 3 rings (SSSR count). The molecule has 3 aromatic rings. The fourth-order valence-electron chi connectivity index (χ4n) is 3.74. The first-order valence-electron chi connectivity index (χ1n) is 12.0.